The third kappa shape index (κ3) is 13.4. The van der Waals surface area contributed by atoms with Gasteiger partial charge < -0.3 is 47.2 Å². The number of hydrogen-bond donors (Lipinski definition) is 3. The highest BCUT2D eigenvalue weighted by molar-refractivity contribution is 7.85. The van der Waals surface area contributed by atoms with Gasteiger partial charge in [0.15, 0.2) is 5.70 Å². The Bertz CT molecular complexity index is 2390. The van der Waals surface area contributed by atoms with Crippen molar-refractivity contribution >= 4 is 64.4 Å². The molecule has 4 heterocycles. The van der Waals surface area contributed by atoms with Gasteiger partial charge >= 0.3 is 12.9 Å². The summed E-state index contributed by atoms with van der Waals surface area (Å²) in [6.45, 7) is -2.04. The number of rotatable bonds is 24. The van der Waals surface area contributed by atoms with Crippen molar-refractivity contribution in [3.8, 4) is 17.0 Å². The summed E-state index contributed by atoms with van der Waals surface area (Å²) in [5.74, 6) is -4.38. The summed E-state index contributed by atoms with van der Waals surface area (Å²) < 4.78 is 75.8. The highest BCUT2D eigenvalue weighted by Gasteiger charge is 2.54. The molecule has 1 aromatic carbocycles. The van der Waals surface area contributed by atoms with E-state index < -0.39 is 64.9 Å². The molecule has 1 atom stereocenters. The smallest absolute Gasteiger partial charge is 0.497 e. The van der Waals surface area contributed by atoms with E-state index in [1.807, 2.05) is 6.07 Å². The topological polar surface area (TPSA) is 214 Å². The van der Waals surface area contributed by atoms with Crippen molar-refractivity contribution in [3.63, 3.8) is 0 Å². The second-order valence-electron chi connectivity index (χ2n) is 17.9. The van der Waals surface area contributed by atoms with Crippen molar-refractivity contribution in [1.82, 2.24) is 25.1 Å². The minimum Gasteiger partial charge on any atom is -0.497 e. The molecule has 3 aliphatic rings. The van der Waals surface area contributed by atoms with Crippen LogP contribution >= 0.6 is 0 Å². The number of imide groups is 1. The second-order valence-corrected chi connectivity index (χ2v) is 19.4. The van der Waals surface area contributed by atoms with Crippen LogP contribution in [0.4, 0.5) is 8.63 Å². The van der Waals surface area contributed by atoms with Gasteiger partial charge in [-0.3, -0.25) is 28.5 Å². The Hall–Kier alpha value is -5.74. The molecule has 18 nitrogen and oxygen atoms in total. The molecule has 0 saturated carbocycles. The molecule has 0 aliphatic carbocycles. The molecule has 66 heavy (non-hydrogen) atoms. The highest BCUT2D eigenvalue weighted by Crippen LogP contribution is 2.41. The third-order valence-corrected chi connectivity index (χ3v) is 12.4. The normalized spacial score (nSPS) is 16.0. The maximum Gasteiger partial charge on any atom is 0.737 e. The van der Waals surface area contributed by atoms with Crippen LogP contribution in [0.3, 0.4) is 0 Å². The number of aryl methyl sites for hydroxylation is 1. The number of hydrogen-bond acceptors (Lipinski definition) is 10. The van der Waals surface area contributed by atoms with Crippen molar-refractivity contribution in [2.45, 2.75) is 90.0 Å². The van der Waals surface area contributed by atoms with Crippen LogP contribution in [0.25, 0.3) is 17.3 Å². The van der Waals surface area contributed by atoms with E-state index in [0.717, 1.165) is 32.0 Å². The molecule has 1 fully saturated rings. The van der Waals surface area contributed by atoms with E-state index in [1.54, 1.807) is 43.3 Å². The third-order valence-electron chi connectivity index (χ3n) is 11.6. The molecule has 2 aromatic rings. The van der Waals surface area contributed by atoms with Crippen molar-refractivity contribution < 1.29 is 68.9 Å². The molecular weight excluding hydrogens is 883 g/mol. The lowest BCUT2D eigenvalue weighted by atomic mass is 9.88. The number of nitrogens with zero attached hydrogens (tertiary/aromatic N) is 5. The van der Waals surface area contributed by atoms with E-state index >= 15 is 8.63 Å². The molecule has 0 bridgehead atoms. The number of unbranched alkanes of at least 4 members (excludes halogenated alkanes) is 3. The lowest BCUT2D eigenvalue weighted by Gasteiger charge is -2.32. The van der Waals surface area contributed by atoms with E-state index in [2.05, 4.69) is 31.8 Å². The molecule has 0 radical (unpaired) electrons. The number of benzene rings is 1. The van der Waals surface area contributed by atoms with E-state index in [9.17, 15) is 41.7 Å². The summed E-state index contributed by atoms with van der Waals surface area (Å²) in [6.07, 6.45) is 6.39. The molecule has 5 amide bonds. The maximum absolute atomic E-state index is 17.2. The number of nitrogens with one attached hydrogen (secondary N) is 2. The van der Waals surface area contributed by atoms with Gasteiger partial charge in [-0.25, -0.2) is 4.79 Å². The lowest BCUT2D eigenvalue weighted by Crippen LogP contribution is -2.52. The predicted molar refractivity (Wildman–Crippen MR) is 241 cm³/mol. The van der Waals surface area contributed by atoms with Crippen molar-refractivity contribution in [1.29, 1.82) is 0 Å². The lowest BCUT2D eigenvalue weighted by molar-refractivity contribution is -0.870. The van der Waals surface area contributed by atoms with Crippen LogP contribution in [0.1, 0.15) is 88.8 Å². The first-order chi connectivity index (χ1) is 31.0. The van der Waals surface area contributed by atoms with Gasteiger partial charge in [-0.2, -0.15) is 8.42 Å². The number of carbonyl (C=O) groups is 6. The molecule has 5 rings (SSSR count). The molecule has 1 unspecified atom stereocenters. The number of quaternary nitrogens is 1. The standard InChI is InChI=1S/C44H60BF2N7O11S/c1-30-26-33(51-36(30)28-38-32(12-11-25-54(3,4)5)27-37(52(38)45(51,46)47)31-15-18-34(64-6)19-16-31)17-20-39(55)49-35(29-66(61,62)63)44(60)48-23-24-50(2)40(56)13-9-7-8-10-14-43(59)65-53-41(57)21-22-42(53)58/h15-16,18-19,26-28,35H,7-14,17,20-25,29H2,1-6H3,(H2-,48,49,55,60,61,62,63)/p+1. The van der Waals surface area contributed by atoms with Gasteiger partial charge in [0.2, 0.25) is 17.7 Å². The first-order valence-corrected chi connectivity index (χ1v) is 23.7. The van der Waals surface area contributed by atoms with E-state index in [0.29, 0.717) is 71.1 Å². The van der Waals surface area contributed by atoms with Crippen LogP contribution in [0.15, 0.2) is 47.7 Å². The van der Waals surface area contributed by atoms with Gasteiger partial charge in [-0.15, -0.1) is 5.06 Å². The van der Waals surface area contributed by atoms with Gasteiger partial charge in [0, 0.05) is 94.2 Å². The average molecular weight is 945 g/mol. The second kappa shape index (κ2) is 21.7. The predicted octanol–water partition coefficient (Wildman–Crippen LogP) is 3.47. The fourth-order valence-corrected chi connectivity index (χ4v) is 8.79. The molecule has 360 valence electrons. The molecule has 3 aliphatic heterocycles. The molecule has 22 heteroatoms. The van der Waals surface area contributed by atoms with E-state index in [-0.39, 0.29) is 56.8 Å². The zero-order valence-electron chi connectivity index (χ0n) is 38.4. The Morgan fingerprint density at radius 3 is 2.23 bits per heavy atom. The number of aromatic nitrogens is 1. The number of methoxy groups -OCH3 is 1. The van der Waals surface area contributed by atoms with Gasteiger partial charge in [0.1, 0.15) is 23.3 Å². The number of hydroxylamine groups is 2. The van der Waals surface area contributed by atoms with Crippen LogP contribution in [-0.2, 0) is 50.1 Å². The number of amides is 5. The van der Waals surface area contributed by atoms with E-state index in [4.69, 9.17) is 9.57 Å². The Morgan fingerprint density at radius 1 is 0.955 bits per heavy atom. The van der Waals surface area contributed by atoms with Crippen molar-refractivity contribution in [3.05, 3.63) is 58.9 Å². The summed E-state index contributed by atoms with van der Waals surface area (Å²) in [7, 11) is 4.48. The SMILES string of the molecule is COc1ccc(-c2cc(CCC[N+](C)(C)C)c3n2[B-](F)(F)[N+]2=C(CCC(=O)NC(CS(=O)(=O)O)C(=O)NCCN(C)C(=O)CCCCCCC(=O)ON4C(=O)CCC4=O)C=C(C)C2=C3)cc1. The number of halogens is 2. The van der Waals surface area contributed by atoms with E-state index in [1.165, 1.54) is 19.1 Å². The van der Waals surface area contributed by atoms with Gasteiger partial charge in [-0.05, 0) is 67.6 Å². The number of allylic oxidation sites excluding steroid dienone is 2. The number of ether oxygens (including phenoxy) is 1. The molecule has 0 spiro atoms. The first kappa shape index (κ1) is 51.3. The number of fused-ring (bicyclic) bond motifs is 2. The zero-order valence-corrected chi connectivity index (χ0v) is 39.3. The van der Waals surface area contributed by atoms with Crippen LogP contribution in [0.5, 0.6) is 5.75 Å². The summed E-state index contributed by atoms with van der Waals surface area (Å²) in [6, 6.07) is 6.96. The van der Waals surface area contributed by atoms with Crippen LogP contribution < -0.4 is 15.4 Å². The van der Waals surface area contributed by atoms with Gasteiger partial charge in [0.25, 0.3) is 21.9 Å². The van der Waals surface area contributed by atoms with Gasteiger partial charge in [-0.1, -0.05) is 12.8 Å². The van der Waals surface area contributed by atoms with Gasteiger partial charge in [0.05, 0.1) is 34.8 Å². The number of carbonyl (C=O) groups excluding carboxylic acids is 6. The zero-order chi connectivity index (χ0) is 48.6. The quantitative estimate of drug-likeness (QED) is 0.0456. The Morgan fingerprint density at radius 2 is 1.61 bits per heavy atom. The van der Waals surface area contributed by atoms with Crippen LogP contribution in [-0.4, -0.2) is 151 Å². The highest BCUT2D eigenvalue weighted by atomic mass is 32.2. The average Bonchev–Trinajstić information content (AvgIpc) is 3.89. The summed E-state index contributed by atoms with van der Waals surface area (Å²) in [5, 5.41) is 5.30. The molecule has 3 N–H and O–H groups in total. The first-order valence-electron chi connectivity index (χ1n) is 22.1. The largest absolute Gasteiger partial charge is 0.737 e. The Kier molecular flexibility index (Phi) is 16.9. The molecule has 1 aromatic heterocycles. The minimum absolute atomic E-state index is 0.00161. The monoisotopic (exact) mass is 944 g/mol. The molecule has 1 saturated heterocycles. The summed E-state index contributed by atoms with van der Waals surface area (Å²) in [5.41, 5.74) is 3.12. The van der Waals surface area contributed by atoms with Crippen molar-refractivity contribution in [2.75, 3.05) is 60.7 Å². The molecular formula is C44H61BF2N7O11S+. The summed E-state index contributed by atoms with van der Waals surface area (Å²) >= 11 is 0. The van der Waals surface area contributed by atoms with Crippen molar-refractivity contribution in [2.24, 2.45) is 0 Å². The maximum atomic E-state index is 17.2. The number of likely N-dealkylation sites (N-methyl/N-ethyl adjacent to an activating group) is 1. The fraction of sp³-hybridized carbons (Fsp3) is 0.523. The fourth-order valence-electron chi connectivity index (χ4n) is 8.14. The minimum atomic E-state index is -4.77. The Labute approximate surface area is 384 Å². The van der Waals surface area contributed by atoms with Crippen LogP contribution in [0, 0.1) is 0 Å². The van der Waals surface area contributed by atoms with Crippen LogP contribution in [0.2, 0.25) is 0 Å². The Balaban J connectivity index is 1.16. The summed E-state index contributed by atoms with van der Waals surface area (Å²) in [4.78, 5) is 80.4.